The third-order valence-electron chi connectivity index (χ3n) is 5.28. The Balaban J connectivity index is 0.00000121. The van der Waals surface area contributed by atoms with Crippen LogP contribution >= 0.6 is 60.2 Å². The maximum absolute atomic E-state index is 6.28. The minimum absolute atomic E-state index is 0. The molecule has 0 atom stereocenters. The number of benzene rings is 1. The van der Waals surface area contributed by atoms with Crippen LogP contribution in [0.15, 0.2) is 30.6 Å². The molecule has 3 aromatic heterocycles. The molecule has 1 aromatic carbocycles. The van der Waals surface area contributed by atoms with Gasteiger partial charge in [-0.1, -0.05) is 11.6 Å². The van der Waals surface area contributed by atoms with Crippen molar-refractivity contribution in [1.29, 1.82) is 0 Å². The average molecular weight is 538 g/mol. The number of hydrogen-bond acceptors (Lipinski definition) is 7. The van der Waals surface area contributed by atoms with Crippen molar-refractivity contribution >= 4 is 81.6 Å². The van der Waals surface area contributed by atoms with Gasteiger partial charge in [-0.05, 0) is 23.6 Å². The van der Waals surface area contributed by atoms with Gasteiger partial charge in [-0.3, -0.25) is 4.90 Å². The van der Waals surface area contributed by atoms with Gasteiger partial charge in [0.25, 0.3) is 0 Å². The summed E-state index contributed by atoms with van der Waals surface area (Å²) >= 11 is 7.92. The van der Waals surface area contributed by atoms with E-state index in [9.17, 15) is 0 Å². The molecular formula is C20H24Cl4N6OS. The first-order chi connectivity index (χ1) is 14.1. The Morgan fingerprint density at radius 1 is 1.16 bits per heavy atom. The highest BCUT2D eigenvalue weighted by Crippen LogP contribution is 2.42. The number of aromatic nitrogens is 3. The summed E-state index contributed by atoms with van der Waals surface area (Å²) in [6, 6.07) is 8.11. The number of anilines is 1. The van der Waals surface area contributed by atoms with E-state index in [2.05, 4.69) is 32.4 Å². The maximum Gasteiger partial charge on any atom is 0.152 e. The SMILES string of the molecule is COc1cc(Cl)cc2cc(-c3cc(CN4CCNCC4)n4ncnc(N)c34)sc12.Cl.Cl.Cl. The zero-order chi connectivity index (χ0) is 20.0. The monoisotopic (exact) mass is 536 g/mol. The first kappa shape index (κ1) is 26.7. The number of methoxy groups -OCH3 is 1. The molecular weight excluding hydrogens is 514 g/mol. The molecule has 0 aliphatic carbocycles. The van der Waals surface area contributed by atoms with Gasteiger partial charge in [0.15, 0.2) is 5.82 Å². The molecule has 1 aliphatic rings. The lowest BCUT2D eigenvalue weighted by Crippen LogP contribution is -2.43. The summed E-state index contributed by atoms with van der Waals surface area (Å²) in [7, 11) is 1.66. The number of halogens is 4. The van der Waals surface area contributed by atoms with E-state index in [1.54, 1.807) is 18.4 Å². The molecule has 0 spiro atoms. The second-order valence-corrected chi connectivity index (χ2v) is 8.61. The highest BCUT2D eigenvalue weighted by atomic mass is 35.5. The lowest BCUT2D eigenvalue weighted by atomic mass is 10.2. The molecule has 0 unspecified atom stereocenters. The Morgan fingerprint density at radius 3 is 2.62 bits per heavy atom. The molecule has 1 fully saturated rings. The number of nitrogen functional groups attached to an aromatic ring is 1. The van der Waals surface area contributed by atoms with Gasteiger partial charge in [0.1, 0.15) is 17.6 Å². The molecule has 3 N–H and O–H groups in total. The first-order valence-electron chi connectivity index (χ1n) is 9.45. The van der Waals surface area contributed by atoms with Gasteiger partial charge in [0.05, 0.1) is 17.5 Å². The van der Waals surface area contributed by atoms with Crippen LogP contribution in [0.5, 0.6) is 5.75 Å². The molecule has 174 valence electrons. The van der Waals surface area contributed by atoms with Crippen molar-refractivity contribution in [2.75, 3.05) is 39.0 Å². The number of fused-ring (bicyclic) bond motifs is 2. The maximum atomic E-state index is 6.28. The third kappa shape index (κ3) is 4.87. The van der Waals surface area contributed by atoms with Crippen LogP contribution in [0, 0.1) is 0 Å². The number of nitrogens with zero attached hydrogens (tertiary/aromatic N) is 4. The third-order valence-corrected chi connectivity index (χ3v) is 6.70. The number of nitrogens with one attached hydrogen (secondary N) is 1. The Labute approximate surface area is 213 Å². The zero-order valence-corrected chi connectivity index (χ0v) is 21.2. The van der Waals surface area contributed by atoms with Gasteiger partial charge < -0.3 is 15.8 Å². The first-order valence-corrected chi connectivity index (χ1v) is 10.6. The van der Waals surface area contributed by atoms with E-state index in [4.69, 9.17) is 22.1 Å². The molecule has 7 nitrogen and oxygen atoms in total. The van der Waals surface area contributed by atoms with Crippen molar-refractivity contribution in [2.45, 2.75) is 6.54 Å². The van der Waals surface area contributed by atoms with Crippen molar-refractivity contribution in [2.24, 2.45) is 0 Å². The zero-order valence-electron chi connectivity index (χ0n) is 17.2. The summed E-state index contributed by atoms with van der Waals surface area (Å²) in [5.41, 5.74) is 9.26. The number of piperazine rings is 1. The second kappa shape index (κ2) is 11.1. The standard InChI is InChI=1S/C20H21ClN6OS.3ClH/c1-28-16-8-13(21)6-12-7-17(29-19(12)16)15-9-14(10-26-4-2-23-3-5-26)27-18(15)20(22)24-11-25-27;;;/h6-9,11,23H,2-5,10H2,1H3,(H2,22,24,25);3*1H. The molecule has 0 radical (unpaired) electrons. The fourth-order valence-electron chi connectivity index (χ4n) is 3.90. The summed E-state index contributed by atoms with van der Waals surface area (Å²) in [5.74, 6) is 1.25. The summed E-state index contributed by atoms with van der Waals surface area (Å²) in [6.45, 7) is 4.86. The molecule has 0 amide bonds. The van der Waals surface area contributed by atoms with Gasteiger partial charge in [0, 0.05) is 54.3 Å². The lowest BCUT2D eigenvalue weighted by molar-refractivity contribution is 0.229. The molecule has 32 heavy (non-hydrogen) atoms. The highest BCUT2D eigenvalue weighted by Gasteiger charge is 2.20. The van der Waals surface area contributed by atoms with Gasteiger partial charge in [0.2, 0.25) is 0 Å². The fourth-order valence-corrected chi connectivity index (χ4v) is 5.27. The van der Waals surface area contributed by atoms with Gasteiger partial charge in [-0.25, -0.2) is 9.50 Å². The Morgan fingerprint density at radius 2 is 1.91 bits per heavy atom. The topological polar surface area (TPSA) is 80.7 Å². The van der Waals surface area contributed by atoms with Gasteiger partial charge in [-0.15, -0.1) is 48.6 Å². The molecule has 0 bridgehead atoms. The van der Waals surface area contributed by atoms with E-state index in [0.29, 0.717) is 10.8 Å². The Kier molecular flexibility index (Phi) is 9.25. The van der Waals surface area contributed by atoms with Crippen LogP contribution in [0.4, 0.5) is 5.82 Å². The minimum atomic E-state index is 0. The summed E-state index contributed by atoms with van der Waals surface area (Å²) in [6.07, 6.45) is 1.51. The number of nitrogens with two attached hydrogens (primary N) is 1. The highest BCUT2D eigenvalue weighted by molar-refractivity contribution is 7.22. The van der Waals surface area contributed by atoms with Crippen LogP contribution < -0.4 is 15.8 Å². The van der Waals surface area contributed by atoms with Crippen molar-refractivity contribution in [3.63, 3.8) is 0 Å². The molecule has 12 heteroatoms. The van der Waals surface area contributed by atoms with Crippen LogP contribution in [-0.2, 0) is 6.54 Å². The van der Waals surface area contributed by atoms with E-state index in [0.717, 1.165) is 70.2 Å². The molecule has 0 saturated carbocycles. The number of hydrogen-bond donors (Lipinski definition) is 2. The minimum Gasteiger partial charge on any atom is -0.495 e. The van der Waals surface area contributed by atoms with Gasteiger partial charge >= 0.3 is 0 Å². The second-order valence-electron chi connectivity index (χ2n) is 7.12. The largest absolute Gasteiger partial charge is 0.495 e. The molecule has 1 aliphatic heterocycles. The van der Waals surface area contributed by atoms with E-state index in [1.165, 1.54) is 6.33 Å². The molecule has 1 saturated heterocycles. The Bertz CT molecular complexity index is 1210. The van der Waals surface area contributed by atoms with Crippen LogP contribution in [0.2, 0.25) is 5.02 Å². The van der Waals surface area contributed by atoms with Crippen molar-refractivity contribution in [3.05, 3.63) is 41.3 Å². The number of rotatable bonds is 4. The number of ether oxygens (including phenoxy) is 1. The Hall–Kier alpha value is -1.52. The predicted molar refractivity (Wildman–Crippen MR) is 140 cm³/mol. The van der Waals surface area contributed by atoms with Gasteiger partial charge in [-0.2, -0.15) is 5.10 Å². The van der Waals surface area contributed by atoms with Crippen molar-refractivity contribution < 1.29 is 4.74 Å². The normalized spacial score (nSPS) is 13.9. The number of thiophene rings is 1. The van der Waals surface area contributed by atoms with Crippen LogP contribution in [-0.4, -0.2) is 52.8 Å². The molecule has 4 heterocycles. The van der Waals surface area contributed by atoms with E-state index < -0.39 is 0 Å². The van der Waals surface area contributed by atoms with E-state index in [-0.39, 0.29) is 37.2 Å². The van der Waals surface area contributed by atoms with Crippen LogP contribution in [0.1, 0.15) is 5.69 Å². The van der Waals surface area contributed by atoms with Crippen LogP contribution in [0.25, 0.3) is 26.0 Å². The van der Waals surface area contributed by atoms with Crippen molar-refractivity contribution in [3.8, 4) is 16.2 Å². The van der Waals surface area contributed by atoms with Crippen LogP contribution in [0.3, 0.4) is 0 Å². The lowest BCUT2D eigenvalue weighted by Gasteiger charge is -2.26. The van der Waals surface area contributed by atoms with Crippen molar-refractivity contribution in [1.82, 2.24) is 24.8 Å². The van der Waals surface area contributed by atoms with E-state index in [1.807, 2.05) is 16.6 Å². The smallest absolute Gasteiger partial charge is 0.152 e. The fraction of sp³-hybridized carbons (Fsp3) is 0.300. The molecule has 5 rings (SSSR count). The summed E-state index contributed by atoms with van der Waals surface area (Å²) in [5, 5.41) is 9.59. The molecule has 4 aromatic rings. The van der Waals surface area contributed by atoms with E-state index >= 15 is 0 Å². The quantitative estimate of drug-likeness (QED) is 0.398. The summed E-state index contributed by atoms with van der Waals surface area (Å²) in [4.78, 5) is 7.75. The summed E-state index contributed by atoms with van der Waals surface area (Å²) < 4.78 is 8.52. The predicted octanol–water partition coefficient (Wildman–Crippen LogP) is 4.53. The average Bonchev–Trinajstić information content (AvgIpc) is 3.30.